The first-order valence-corrected chi connectivity index (χ1v) is 6.97. The fourth-order valence-electron chi connectivity index (χ4n) is 2.70. The summed E-state index contributed by atoms with van der Waals surface area (Å²) in [7, 11) is 0. The summed E-state index contributed by atoms with van der Waals surface area (Å²) >= 11 is 7.50. The summed E-state index contributed by atoms with van der Waals surface area (Å²) < 4.78 is 1.08. The molecule has 2 nitrogen and oxygen atoms in total. The van der Waals surface area contributed by atoms with E-state index in [1.165, 1.54) is 42.6 Å². The number of nitrogens with zero attached hydrogens (tertiary/aromatic N) is 2. The fourth-order valence-corrected chi connectivity index (χ4v) is 3.89. The van der Waals surface area contributed by atoms with Gasteiger partial charge in [-0.2, -0.15) is 5.26 Å². The highest BCUT2D eigenvalue weighted by atomic mass is 35.5. The summed E-state index contributed by atoms with van der Waals surface area (Å²) in [5.41, 5.74) is 1.22. The largest absolute Gasteiger partial charge is 0.243 e. The minimum absolute atomic E-state index is 0.513. The molecule has 0 radical (unpaired) electrons. The Morgan fingerprint density at radius 1 is 1.41 bits per heavy atom. The second-order valence-corrected chi connectivity index (χ2v) is 5.88. The average molecular weight is 263 g/mol. The molecule has 0 amide bonds. The van der Waals surface area contributed by atoms with Gasteiger partial charge in [-0.15, -0.1) is 11.3 Å². The second kappa shape index (κ2) is 4.29. The smallest absolute Gasteiger partial charge is 0.129 e. The maximum Gasteiger partial charge on any atom is 0.129 e. The number of hydrogen-bond donors (Lipinski definition) is 0. The van der Waals surface area contributed by atoms with Crippen molar-refractivity contribution in [1.29, 1.82) is 5.26 Å². The molecule has 2 aromatic heterocycles. The first-order valence-electron chi connectivity index (χ1n) is 5.77. The molecule has 0 spiro atoms. The molecule has 0 aliphatic heterocycles. The highest BCUT2D eigenvalue weighted by molar-refractivity contribution is 7.19. The minimum Gasteiger partial charge on any atom is -0.243 e. The molecule has 1 aliphatic carbocycles. The monoisotopic (exact) mass is 262 g/mol. The summed E-state index contributed by atoms with van der Waals surface area (Å²) in [5.74, 6) is 0.539. The number of thiophene rings is 1. The standard InChI is InChI=1S/C13H11ClN2S/c14-12-5-9-11(7-16-12)17-10(6-15)13(9)8-3-1-2-4-8/h5,7-8H,1-4H2. The van der Waals surface area contributed by atoms with Gasteiger partial charge in [0, 0.05) is 11.6 Å². The Kier molecular flexibility index (Phi) is 2.78. The number of fused-ring (bicyclic) bond motifs is 1. The zero-order valence-corrected chi connectivity index (χ0v) is 10.8. The Hall–Kier alpha value is -1.11. The summed E-state index contributed by atoms with van der Waals surface area (Å²) in [4.78, 5) is 4.93. The molecule has 17 heavy (non-hydrogen) atoms. The maximum absolute atomic E-state index is 9.26. The van der Waals surface area contributed by atoms with Crippen LogP contribution >= 0.6 is 22.9 Å². The molecule has 0 bridgehead atoms. The first kappa shape index (κ1) is 11.0. The van der Waals surface area contributed by atoms with E-state index in [4.69, 9.17) is 11.6 Å². The highest BCUT2D eigenvalue weighted by Crippen LogP contribution is 2.43. The van der Waals surface area contributed by atoms with Crippen molar-refractivity contribution in [3.8, 4) is 6.07 Å². The van der Waals surface area contributed by atoms with E-state index in [0.29, 0.717) is 11.1 Å². The van der Waals surface area contributed by atoms with Crippen molar-refractivity contribution in [1.82, 2.24) is 4.98 Å². The zero-order chi connectivity index (χ0) is 11.8. The third-order valence-electron chi connectivity index (χ3n) is 3.45. The van der Waals surface area contributed by atoms with Crippen molar-refractivity contribution in [3.05, 3.63) is 27.9 Å². The predicted molar refractivity (Wildman–Crippen MR) is 70.6 cm³/mol. The van der Waals surface area contributed by atoms with Crippen molar-refractivity contribution >= 4 is 33.0 Å². The van der Waals surface area contributed by atoms with Crippen LogP contribution in [0.3, 0.4) is 0 Å². The highest BCUT2D eigenvalue weighted by Gasteiger charge is 2.24. The van der Waals surface area contributed by atoms with Gasteiger partial charge in [0.05, 0.1) is 4.70 Å². The number of rotatable bonds is 1. The Bertz CT molecular complexity index is 606. The lowest BCUT2D eigenvalue weighted by molar-refractivity contribution is 0.730. The van der Waals surface area contributed by atoms with Gasteiger partial charge in [-0.25, -0.2) is 4.98 Å². The van der Waals surface area contributed by atoms with Crippen LogP contribution < -0.4 is 0 Å². The van der Waals surface area contributed by atoms with E-state index in [-0.39, 0.29) is 0 Å². The Morgan fingerprint density at radius 3 is 2.88 bits per heavy atom. The number of pyridine rings is 1. The molecule has 0 unspecified atom stereocenters. The van der Waals surface area contributed by atoms with Crippen LogP contribution in [0.15, 0.2) is 12.3 Å². The van der Waals surface area contributed by atoms with Crippen LogP contribution in [-0.2, 0) is 0 Å². The molecule has 1 saturated carbocycles. The van der Waals surface area contributed by atoms with Crippen LogP contribution in [0.2, 0.25) is 5.15 Å². The Morgan fingerprint density at radius 2 is 2.18 bits per heavy atom. The predicted octanol–water partition coefficient (Wildman–Crippen LogP) is 4.48. The molecule has 1 fully saturated rings. The molecule has 1 aliphatic rings. The lowest BCUT2D eigenvalue weighted by atomic mass is 9.95. The molecule has 0 atom stereocenters. The lowest BCUT2D eigenvalue weighted by Gasteiger charge is -2.08. The van der Waals surface area contributed by atoms with E-state index >= 15 is 0 Å². The van der Waals surface area contributed by atoms with Crippen LogP contribution in [0, 0.1) is 11.3 Å². The van der Waals surface area contributed by atoms with E-state index < -0.39 is 0 Å². The summed E-state index contributed by atoms with van der Waals surface area (Å²) in [6.07, 6.45) is 6.71. The van der Waals surface area contributed by atoms with Crippen LogP contribution in [-0.4, -0.2) is 4.98 Å². The van der Waals surface area contributed by atoms with Gasteiger partial charge in [-0.3, -0.25) is 0 Å². The number of hydrogen-bond acceptors (Lipinski definition) is 3. The van der Waals surface area contributed by atoms with Gasteiger partial charge < -0.3 is 0 Å². The fraction of sp³-hybridized carbons (Fsp3) is 0.385. The SMILES string of the molecule is N#Cc1sc2cnc(Cl)cc2c1C1CCCC1. The third kappa shape index (κ3) is 1.82. The third-order valence-corrected chi connectivity index (χ3v) is 4.71. The van der Waals surface area contributed by atoms with Crippen LogP contribution in [0.4, 0.5) is 0 Å². The molecule has 0 aromatic carbocycles. The van der Waals surface area contributed by atoms with Gasteiger partial charge in [-0.1, -0.05) is 24.4 Å². The van der Waals surface area contributed by atoms with Gasteiger partial charge in [0.15, 0.2) is 0 Å². The van der Waals surface area contributed by atoms with E-state index in [1.54, 1.807) is 6.20 Å². The van der Waals surface area contributed by atoms with E-state index in [1.807, 2.05) is 6.07 Å². The molecule has 4 heteroatoms. The first-order chi connectivity index (χ1) is 8.29. The maximum atomic E-state index is 9.26. The second-order valence-electron chi connectivity index (χ2n) is 4.44. The Labute approximate surface area is 109 Å². The molecule has 3 rings (SSSR count). The van der Waals surface area contributed by atoms with Crippen LogP contribution in [0.25, 0.3) is 10.1 Å². The Balaban J connectivity index is 2.25. The van der Waals surface area contributed by atoms with Gasteiger partial charge >= 0.3 is 0 Å². The normalized spacial score (nSPS) is 16.5. The van der Waals surface area contributed by atoms with E-state index in [0.717, 1.165) is 15.0 Å². The van der Waals surface area contributed by atoms with Crippen molar-refractivity contribution in [2.45, 2.75) is 31.6 Å². The zero-order valence-electron chi connectivity index (χ0n) is 9.24. The minimum atomic E-state index is 0.513. The molecule has 86 valence electrons. The summed E-state index contributed by atoms with van der Waals surface area (Å²) in [6, 6.07) is 4.23. The van der Waals surface area contributed by atoms with E-state index in [9.17, 15) is 5.26 Å². The van der Waals surface area contributed by atoms with Crippen molar-refractivity contribution in [2.75, 3.05) is 0 Å². The molecular weight excluding hydrogens is 252 g/mol. The van der Waals surface area contributed by atoms with Crippen LogP contribution in [0.1, 0.15) is 42.0 Å². The number of aromatic nitrogens is 1. The van der Waals surface area contributed by atoms with Gasteiger partial charge in [-0.05, 0) is 30.4 Å². The number of halogens is 1. The van der Waals surface area contributed by atoms with Crippen molar-refractivity contribution in [2.24, 2.45) is 0 Å². The summed E-state index contributed by atoms with van der Waals surface area (Å²) in [5, 5.41) is 10.9. The molecule has 0 N–H and O–H groups in total. The van der Waals surface area contributed by atoms with E-state index in [2.05, 4.69) is 11.1 Å². The molecule has 0 saturated heterocycles. The van der Waals surface area contributed by atoms with Crippen LogP contribution in [0.5, 0.6) is 0 Å². The topological polar surface area (TPSA) is 36.7 Å². The average Bonchev–Trinajstić information content (AvgIpc) is 2.93. The van der Waals surface area contributed by atoms with Gasteiger partial charge in [0.1, 0.15) is 16.1 Å². The lowest BCUT2D eigenvalue weighted by Crippen LogP contribution is -1.93. The van der Waals surface area contributed by atoms with Crippen molar-refractivity contribution < 1.29 is 0 Å². The van der Waals surface area contributed by atoms with Gasteiger partial charge in [0.2, 0.25) is 0 Å². The molecular formula is C13H11ClN2S. The summed E-state index contributed by atoms with van der Waals surface area (Å²) in [6.45, 7) is 0. The van der Waals surface area contributed by atoms with Gasteiger partial charge in [0.25, 0.3) is 0 Å². The number of nitriles is 1. The molecule has 2 heterocycles. The van der Waals surface area contributed by atoms with Crippen molar-refractivity contribution in [3.63, 3.8) is 0 Å². The quantitative estimate of drug-likeness (QED) is 0.711. The molecule has 2 aromatic rings.